The first kappa shape index (κ1) is 9.39. The van der Waals surface area contributed by atoms with Gasteiger partial charge in [-0.05, 0) is 12.1 Å². The van der Waals surface area contributed by atoms with Crippen molar-refractivity contribution in [2.24, 2.45) is 4.99 Å². The number of aliphatic imine (C=N–C) groups is 1. The van der Waals surface area contributed by atoms with Crippen LogP contribution in [0.1, 0.15) is 5.69 Å². The molecule has 0 aromatic carbocycles. The molecular formula is C10H9N3O2. The van der Waals surface area contributed by atoms with Crippen LogP contribution >= 0.6 is 0 Å². The van der Waals surface area contributed by atoms with E-state index in [0.29, 0.717) is 5.39 Å². The first-order chi connectivity index (χ1) is 7.24. The third-order valence-electron chi connectivity index (χ3n) is 2.04. The molecule has 0 saturated carbocycles. The first-order valence-electron chi connectivity index (χ1n) is 4.36. The van der Waals surface area contributed by atoms with E-state index in [1.54, 1.807) is 19.2 Å². The minimum absolute atomic E-state index is 0.0594. The van der Waals surface area contributed by atoms with Crippen LogP contribution in [-0.2, 0) is 0 Å². The molecule has 2 N–H and O–H groups in total. The van der Waals surface area contributed by atoms with E-state index in [4.69, 9.17) is 0 Å². The molecular weight excluding hydrogens is 194 g/mol. The Morgan fingerprint density at radius 3 is 3.13 bits per heavy atom. The quantitative estimate of drug-likeness (QED) is 0.669. The summed E-state index contributed by atoms with van der Waals surface area (Å²) in [5, 5.41) is 10.1. The Bertz CT molecular complexity index is 587. The molecule has 5 heteroatoms. The second kappa shape index (κ2) is 3.53. The molecule has 0 aliphatic rings. The summed E-state index contributed by atoms with van der Waals surface area (Å²) < 4.78 is 0. The molecule has 2 rings (SSSR count). The zero-order valence-corrected chi connectivity index (χ0v) is 8.06. The number of pyridine rings is 2. The summed E-state index contributed by atoms with van der Waals surface area (Å²) in [6.45, 7) is 0. The van der Waals surface area contributed by atoms with E-state index >= 15 is 0 Å². The largest absolute Gasteiger partial charge is 0.504 e. The van der Waals surface area contributed by atoms with E-state index in [2.05, 4.69) is 15.0 Å². The number of H-pyrrole nitrogens is 1. The lowest BCUT2D eigenvalue weighted by Gasteiger charge is -2.02. The maximum absolute atomic E-state index is 11.6. The van der Waals surface area contributed by atoms with Crippen molar-refractivity contribution in [2.45, 2.75) is 0 Å². The maximum atomic E-state index is 11.6. The first-order valence-corrected chi connectivity index (χ1v) is 4.36. The number of rotatable bonds is 1. The van der Waals surface area contributed by atoms with Gasteiger partial charge in [-0.3, -0.25) is 14.8 Å². The number of aromatic hydroxyl groups is 1. The average Bonchev–Trinajstić information content (AvgIpc) is 2.26. The van der Waals surface area contributed by atoms with Gasteiger partial charge < -0.3 is 10.1 Å². The van der Waals surface area contributed by atoms with Crippen LogP contribution in [0, 0.1) is 0 Å². The van der Waals surface area contributed by atoms with Crippen molar-refractivity contribution < 1.29 is 5.11 Å². The predicted molar refractivity (Wildman–Crippen MR) is 57.5 cm³/mol. The Kier molecular flexibility index (Phi) is 2.21. The third-order valence-corrected chi connectivity index (χ3v) is 2.04. The summed E-state index contributed by atoms with van der Waals surface area (Å²) >= 11 is 0. The number of hydrogen-bond donors (Lipinski definition) is 2. The summed E-state index contributed by atoms with van der Waals surface area (Å²) in [4.78, 5) is 21.8. The lowest BCUT2D eigenvalue weighted by Crippen LogP contribution is -2.10. The van der Waals surface area contributed by atoms with Gasteiger partial charge in [-0.1, -0.05) is 0 Å². The molecule has 5 nitrogen and oxygen atoms in total. The molecule has 0 aliphatic carbocycles. The molecule has 0 amide bonds. The number of hydrogen-bond acceptors (Lipinski definition) is 4. The number of fused-ring (bicyclic) bond motifs is 1. The van der Waals surface area contributed by atoms with Gasteiger partial charge in [0.1, 0.15) is 11.2 Å². The average molecular weight is 203 g/mol. The highest BCUT2D eigenvalue weighted by Crippen LogP contribution is 2.20. The predicted octanol–water partition coefficient (Wildman–Crippen LogP) is 0.677. The Hall–Kier alpha value is -2.17. The Morgan fingerprint density at radius 1 is 1.60 bits per heavy atom. The lowest BCUT2D eigenvalue weighted by molar-refractivity contribution is 0.476. The van der Waals surface area contributed by atoms with Gasteiger partial charge in [0.25, 0.3) is 5.56 Å². The second-order valence-electron chi connectivity index (χ2n) is 3.00. The van der Waals surface area contributed by atoms with E-state index in [9.17, 15) is 9.90 Å². The number of nitrogens with zero attached hydrogens (tertiary/aromatic N) is 2. The van der Waals surface area contributed by atoms with Crippen LogP contribution in [0.25, 0.3) is 10.9 Å². The highest BCUT2D eigenvalue weighted by molar-refractivity contribution is 5.92. The normalized spacial score (nSPS) is 11.3. The van der Waals surface area contributed by atoms with Crippen molar-refractivity contribution in [2.75, 3.05) is 7.05 Å². The third kappa shape index (κ3) is 1.48. The fourth-order valence-electron chi connectivity index (χ4n) is 1.38. The molecule has 0 aliphatic heterocycles. The number of nitrogens with one attached hydrogen (secondary N) is 1. The van der Waals surface area contributed by atoms with Gasteiger partial charge in [0.15, 0.2) is 5.75 Å². The standard InChI is InChI=1S/C10H9N3O2/c1-11-5-7-9(14)8-6(10(15)13-7)3-2-4-12-8/h2-5,14H,1H3,(H,13,15)/b11-5+. The Labute approximate surface area is 85.1 Å². The van der Waals surface area contributed by atoms with Crippen molar-refractivity contribution in [3.05, 3.63) is 34.4 Å². The van der Waals surface area contributed by atoms with Gasteiger partial charge in [0.05, 0.1) is 5.39 Å². The molecule has 0 radical (unpaired) electrons. The Balaban J connectivity index is 2.90. The molecule has 2 aromatic rings. The lowest BCUT2D eigenvalue weighted by atomic mass is 10.2. The highest BCUT2D eigenvalue weighted by atomic mass is 16.3. The van der Waals surface area contributed by atoms with E-state index in [-0.39, 0.29) is 22.5 Å². The van der Waals surface area contributed by atoms with Gasteiger partial charge in [-0.2, -0.15) is 0 Å². The van der Waals surface area contributed by atoms with Crippen LogP contribution in [0.5, 0.6) is 5.75 Å². The molecule has 76 valence electrons. The van der Waals surface area contributed by atoms with Crippen LogP contribution in [-0.4, -0.2) is 28.3 Å². The van der Waals surface area contributed by atoms with Crippen molar-refractivity contribution in [3.63, 3.8) is 0 Å². The van der Waals surface area contributed by atoms with E-state index in [1.807, 2.05) is 0 Å². The smallest absolute Gasteiger partial charge is 0.258 e. The van der Waals surface area contributed by atoms with Crippen LogP contribution in [0.3, 0.4) is 0 Å². The molecule has 15 heavy (non-hydrogen) atoms. The molecule has 0 bridgehead atoms. The maximum Gasteiger partial charge on any atom is 0.258 e. The van der Waals surface area contributed by atoms with E-state index < -0.39 is 0 Å². The summed E-state index contributed by atoms with van der Waals surface area (Å²) in [7, 11) is 1.56. The van der Waals surface area contributed by atoms with Crippen molar-refractivity contribution in [1.29, 1.82) is 0 Å². The highest BCUT2D eigenvalue weighted by Gasteiger charge is 2.08. The molecule has 0 fully saturated rings. The van der Waals surface area contributed by atoms with E-state index in [0.717, 1.165) is 0 Å². The minimum atomic E-state index is -0.286. The summed E-state index contributed by atoms with van der Waals surface area (Å²) in [5.74, 6) is -0.0594. The summed E-state index contributed by atoms with van der Waals surface area (Å²) in [6.07, 6.45) is 2.90. The van der Waals surface area contributed by atoms with Crippen LogP contribution in [0.4, 0.5) is 0 Å². The van der Waals surface area contributed by atoms with E-state index in [1.165, 1.54) is 12.4 Å². The number of aromatic nitrogens is 2. The molecule has 0 spiro atoms. The molecule has 0 atom stereocenters. The van der Waals surface area contributed by atoms with Crippen LogP contribution < -0.4 is 5.56 Å². The van der Waals surface area contributed by atoms with Crippen molar-refractivity contribution >= 4 is 17.1 Å². The second-order valence-corrected chi connectivity index (χ2v) is 3.00. The zero-order chi connectivity index (χ0) is 10.8. The van der Waals surface area contributed by atoms with Crippen molar-refractivity contribution in [1.82, 2.24) is 9.97 Å². The monoisotopic (exact) mass is 203 g/mol. The van der Waals surface area contributed by atoms with Crippen LogP contribution in [0.2, 0.25) is 0 Å². The fourth-order valence-corrected chi connectivity index (χ4v) is 1.38. The van der Waals surface area contributed by atoms with Gasteiger partial charge in [0.2, 0.25) is 0 Å². The molecule has 2 aromatic heterocycles. The Morgan fingerprint density at radius 2 is 2.40 bits per heavy atom. The minimum Gasteiger partial charge on any atom is -0.504 e. The van der Waals surface area contributed by atoms with Gasteiger partial charge >= 0.3 is 0 Å². The molecule has 0 unspecified atom stereocenters. The van der Waals surface area contributed by atoms with Crippen molar-refractivity contribution in [3.8, 4) is 5.75 Å². The summed E-state index contributed by atoms with van der Waals surface area (Å²) in [6, 6.07) is 3.25. The van der Waals surface area contributed by atoms with Gasteiger partial charge in [-0.25, -0.2) is 0 Å². The van der Waals surface area contributed by atoms with Gasteiger partial charge in [0, 0.05) is 19.5 Å². The SMILES string of the molecule is C/N=C/c1[nH]c(=O)c2cccnc2c1O. The summed E-state index contributed by atoms with van der Waals surface area (Å²) in [5.41, 5.74) is 0.274. The van der Waals surface area contributed by atoms with Gasteiger partial charge in [-0.15, -0.1) is 0 Å². The number of aromatic amines is 1. The van der Waals surface area contributed by atoms with Crippen LogP contribution in [0.15, 0.2) is 28.1 Å². The molecule has 0 saturated heterocycles. The topological polar surface area (TPSA) is 78.3 Å². The molecule has 2 heterocycles. The fraction of sp³-hybridized carbons (Fsp3) is 0.100. The zero-order valence-electron chi connectivity index (χ0n) is 8.06.